The van der Waals surface area contributed by atoms with Crippen molar-refractivity contribution in [2.45, 2.75) is 26.2 Å². The minimum atomic E-state index is 0.0183. The van der Waals surface area contributed by atoms with E-state index >= 15 is 0 Å². The Labute approximate surface area is 138 Å². The second-order valence-electron chi connectivity index (χ2n) is 6.22. The summed E-state index contributed by atoms with van der Waals surface area (Å²) >= 11 is 0. The van der Waals surface area contributed by atoms with Crippen LogP contribution in [0.3, 0.4) is 0 Å². The lowest BCUT2D eigenvalue weighted by molar-refractivity contribution is 0.181. The van der Waals surface area contributed by atoms with Crippen LogP contribution >= 0.6 is 0 Å². The predicted octanol–water partition coefficient (Wildman–Crippen LogP) is 5.01. The van der Waals surface area contributed by atoms with Crippen LogP contribution < -0.4 is 5.32 Å². The van der Waals surface area contributed by atoms with Gasteiger partial charge in [-0.1, -0.05) is 55.8 Å². The van der Waals surface area contributed by atoms with Crippen LogP contribution in [0.4, 0.5) is 10.5 Å². The van der Waals surface area contributed by atoms with E-state index in [1.54, 1.807) is 0 Å². The van der Waals surface area contributed by atoms with Gasteiger partial charge in [0, 0.05) is 18.8 Å². The van der Waals surface area contributed by atoms with Crippen LogP contribution in [0.15, 0.2) is 54.6 Å². The second kappa shape index (κ2) is 7.32. The number of hydrogen-bond acceptors (Lipinski definition) is 1. The molecule has 23 heavy (non-hydrogen) atoms. The first-order valence-corrected chi connectivity index (χ1v) is 8.47. The molecule has 0 atom stereocenters. The summed E-state index contributed by atoms with van der Waals surface area (Å²) in [6.07, 6.45) is 3.45. The molecule has 1 aliphatic rings. The average Bonchev–Trinajstić information content (AvgIpc) is 2.63. The van der Waals surface area contributed by atoms with Crippen LogP contribution in [0.1, 0.15) is 26.2 Å². The number of piperidine rings is 1. The summed E-state index contributed by atoms with van der Waals surface area (Å²) in [6, 6.07) is 18.3. The Morgan fingerprint density at radius 2 is 1.74 bits per heavy atom. The Bertz CT molecular complexity index is 646. The maximum Gasteiger partial charge on any atom is 0.321 e. The molecule has 3 rings (SSSR count). The molecule has 0 saturated carbocycles. The van der Waals surface area contributed by atoms with E-state index in [9.17, 15) is 4.79 Å². The Morgan fingerprint density at radius 3 is 2.43 bits per heavy atom. The number of rotatable bonds is 3. The van der Waals surface area contributed by atoms with Crippen molar-refractivity contribution in [3.8, 4) is 11.1 Å². The van der Waals surface area contributed by atoms with Crippen molar-refractivity contribution in [3.63, 3.8) is 0 Å². The first-order valence-electron chi connectivity index (χ1n) is 8.47. The van der Waals surface area contributed by atoms with Crippen molar-refractivity contribution < 1.29 is 4.79 Å². The smallest absolute Gasteiger partial charge is 0.321 e. The Hall–Kier alpha value is -2.29. The Morgan fingerprint density at radius 1 is 1.04 bits per heavy atom. The molecule has 2 aromatic rings. The summed E-state index contributed by atoms with van der Waals surface area (Å²) in [6.45, 7) is 3.96. The molecule has 1 heterocycles. The van der Waals surface area contributed by atoms with Gasteiger partial charge in [-0.3, -0.25) is 0 Å². The summed E-state index contributed by atoms with van der Waals surface area (Å²) in [5.41, 5.74) is 3.13. The highest BCUT2D eigenvalue weighted by molar-refractivity contribution is 5.90. The second-order valence-corrected chi connectivity index (χ2v) is 6.22. The van der Waals surface area contributed by atoms with Crippen molar-refractivity contribution in [3.05, 3.63) is 54.6 Å². The third-order valence-electron chi connectivity index (χ3n) is 4.70. The molecule has 1 N–H and O–H groups in total. The summed E-state index contributed by atoms with van der Waals surface area (Å²) < 4.78 is 0. The largest absolute Gasteiger partial charge is 0.325 e. The average molecular weight is 308 g/mol. The third-order valence-corrected chi connectivity index (χ3v) is 4.70. The van der Waals surface area contributed by atoms with Gasteiger partial charge in [0.15, 0.2) is 0 Å². The van der Waals surface area contributed by atoms with E-state index in [4.69, 9.17) is 0 Å². The van der Waals surface area contributed by atoms with Crippen LogP contribution in [0.25, 0.3) is 11.1 Å². The lowest BCUT2D eigenvalue weighted by Crippen LogP contribution is -2.40. The predicted molar refractivity (Wildman–Crippen MR) is 95.5 cm³/mol. The zero-order chi connectivity index (χ0) is 16.1. The minimum Gasteiger partial charge on any atom is -0.325 e. The van der Waals surface area contributed by atoms with Gasteiger partial charge in [0.25, 0.3) is 0 Å². The van der Waals surface area contributed by atoms with E-state index < -0.39 is 0 Å². The van der Waals surface area contributed by atoms with Gasteiger partial charge >= 0.3 is 6.03 Å². The number of nitrogens with zero attached hydrogens (tertiary/aromatic N) is 1. The van der Waals surface area contributed by atoms with Gasteiger partial charge in [0.1, 0.15) is 0 Å². The molecular weight excluding hydrogens is 284 g/mol. The number of amides is 2. The van der Waals surface area contributed by atoms with Crippen LogP contribution in [-0.2, 0) is 0 Å². The first kappa shape index (κ1) is 15.6. The summed E-state index contributed by atoms with van der Waals surface area (Å²) in [4.78, 5) is 14.4. The number of benzene rings is 2. The first-order chi connectivity index (χ1) is 11.3. The number of urea groups is 1. The highest BCUT2D eigenvalue weighted by Crippen LogP contribution is 2.24. The fourth-order valence-corrected chi connectivity index (χ4v) is 3.15. The molecule has 0 spiro atoms. The van der Waals surface area contributed by atoms with Gasteiger partial charge in [-0.25, -0.2) is 4.79 Å². The zero-order valence-corrected chi connectivity index (χ0v) is 13.7. The summed E-state index contributed by atoms with van der Waals surface area (Å²) in [5.74, 6) is 0.778. The summed E-state index contributed by atoms with van der Waals surface area (Å²) in [7, 11) is 0. The fraction of sp³-hybridized carbons (Fsp3) is 0.350. The van der Waals surface area contributed by atoms with Crippen LogP contribution in [-0.4, -0.2) is 24.0 Å². The van der Waals surface area contributed by atoms with Gasteiger partial charge in [0.05, 0.1) is 0 Å². The molecule has 0 aromatic heterocycles. The molecule has 1 aliphatic heterocycles. The number of anilines is 1. The Kier molecular flexibility index (Phi) is 4.96. The van der Waals surface area contributed by atoms with Crippen molar-refractivity contribution in [1.82, 2.24) is 4.90 Å². The highest BCUT2D eigenvalue weighted by atomic mass is 16.2. The minimum absolute atomic E-state index is 0.0183. The Balaban J connectivity index is 1.65. The molecular formula is C20H24N2O. The van der Waals surface area contributed by atoms with Crippen LogP contribution in [0, 0.1) is 5.92 Å². The van der Waals surface area contributed by atoms with E-state index in [0.717, 1.165) is 48.7 Å². The number of hydrogen-bond donors (Lipinski definition) is 1. The maximum atomic E-state index is 12.4. The number of likely N-dealkylation sites (tertiary alicyclic amines) is 1. The number of carbonyl (C=O) groups excluding carboxylic acids is 1. The van der Waals surface area contributed by atoms with Gasteiger partial charge < -0.3 is 10.2 Å². The van der Waals surface area contributed by atoms with Crippen molar-refractivity contribution in [2.75, 3.05) is 18.4 Å². The van der Waals surface area contributed by atoms with E-state index in [-0.39, 0.29) is 6.03 Å². The molecule has 2 amide bonds. The van der Waals surface area contributed by atoms with Gasteiger partial charge in [0.2, 0.25) is 0 Å². The zero-order valence-electron chi connectivity index (χ0n) is 13.7. The number of nitrogens with one attached hydrogen (secondary N) is 1. The lowest BCUT2D eigenvalue weighted by atomic mass is 9.95. The molecule has 1 fully saturated rings. The van der Waals surface area contributed by atoms with E-state index in [2.05, 4.69) is 30.4 Å². The standard InChI is InChI=1S/C20H24N2O/c1-2-16-11-13-22(14-12-16)20(23)21-19-10-6-9-18(15-19)17-7-4-3-5-8-17/h3-10,15-16H,2,11-14H2,1H3,(H,21,23). The number of carbonyl (C=O) groups is 1. The third kappa shape index (κ3) is 3.92. The molecule has 0 radical (unpaired) electrons. The van der Waals surface area contributed by atoms with E-state index in [1.807, 2.05) is 41.3 Å². The fourth-order valence-electron chi connectivity index (χ4n) is 3.15. The van der Waals surface area contributed by atoms with Crippen molar-refractivity contribution >= 4 is 11.7 Å². The van der Waals surface area contributed by atoms with Crippen LogP contribution in [0.5, 0.6) is 0 Å². The molecule has 2 aromatic carbocycles. The quantitative estimate of drug-likeness (QED) is 0.849. The SMILES string of the molecule is CCC1CCN(C(=O)Nc2cccc(-c3ccccc3)c2)CC1. The van der Waals surface area contributed by atoms with Crippen molar-refractivity contribution in [1.29, 1.82) is 0 Å². The topological polar surface area (TPSA) is 32.3 Å². The highest BCUT2D eigenvalue weighted by Gasteiger charge is 2.21. The molecule has 0 bridgehead atoms. The molecule has 120 valence electrons. The monoisotopic (exact) mass is 308 g/mol. The molecule has 3 heteroatoms. The van der Waals surface area contributed by atoms with E-state index in [1.165, 1.54) is 6.42 Å². The van der Waals surface area contributed by atoms with Crippen LogP contribution in [0.2, 0.25) is 0 Å². The van der Waals surface area contributed by atoms with Crippen molar-refractivity contribution in [2.24, 2.45) is 5.92 Å². The lowest BCUT2D eigenvalue weighted by Gasteiger charge is -2.31. The molecule has 1 saturated heterocycles. The van der Waals surface area contributed by atoms with Gasteiger partial charge in [-0.15, -0.1) is 0 Å². The normalized spacial score (nSPS) is 15.4. The molecule has 3 nitrogen and oxygen atoms in total. The van der Waals surface area contributed by atoms with E-state index in [0.29, 0.717) is 0 Å². The summed E-state index contributed by atoms with van der Waals surface area (Å²) in [5, 5.41) is 3.04. The van der Waals surface area contributed by atoms with Gasteiger partial charge in [-0.05, 0) is 42.0 Å². The molecule has 0 unspecified atom stereocenters. The maximum absolute atomic E-state index is 12.4. The van der Waals surface area contributed by atoms with Gasteiger partial charge in [-0.2, -0.15) is 0 Å². The molecule has 0 aliphatic carbocycles.